The van der Waals surface area contributed by atoms with E-state index in [0.717, 1.165) is 0 Å². The molecule has 1 fully saturated rings. The molecule has 3 heterocycles. The summed E-state index contributed by atoms with van der Waals surface area (Å²) in [6.45, 7) is 6.72. The van der Waals surface area contributed by atoms with Crippen LogP contribution in [0.1, 0.15) is 40.8 Å². The van der Waals surface area contributed by atoms with Gasteiger partial charge in [0, 0.05) is 26.7 Å². The average Bonchev–Trinajstić information content (AvgIpc) is 3.32. The molecule has 1 amide bonds. The normalized spacial score (nSPS) is 23.0. The molecule has 0 unspecified atom stereocenters. The standard InChI is InChI=1S/C20H25N5O8/c1-9(2)19(29)24-18-14-17(22-7-21-14)23-8-25(18)20-16(32-12(5)28)15(31-11(4)27)13(33-20)6-30-10(3)26/h7-9,13,15-16,20H,6H2,1-5H3,(H,21,22)/t13-,15-,16-,20-/m1/s1. The fourth-order valence-corrected chi connectivity index (χ4v) is 3.30. The number of aromatic amines is 1. The van der Waals surface area contributed by atoms with Crippen LogP contribution in [0.2, 0.25) is 0 Å². The van der Waals surface area contributed by atoms with Crippen LogP contribution in [0.3, 0.4) is 0 Å². The minimum absolute atomic E-state index is 0.132. The van der Waals surface area contributed by atoms with Gasteiger partial charge < -0.3 is 23.9 Å². The van der Waals surface area contributed by atoms with Crippen molar-refractivity contribution >= 4 is 35.0 Å². The van der Waals surface area contributed by atoms with Crippen molar-refractivity contribution in [2.24, 2.45) is 10.9 Å². The Balaban J connectivity index is 2.15. The van der Waals surface area contributed by atoms with Gasteiger partial charge in [0.1, 0.15) is 24.6 Å². The van der Waals surface area contributed by atoms with Crippen molar-refractivity contribution in [2.45, 2.75) is 59.2 Å². The Kier molecular flexibility index (Phi) is 7.21. The van der Waals surface area contributed by atoms with Crippen molar-refractivity contribution in [2.75, 3.05) is 6.61 Å². The van der Waals surface area contributed by atoms with Gasteiger partial charge in [0.25, 0.3) is 0 Å². The number of nitrogens with zero attached hydrogens (tertiary/aromatic N) is 4. The van der Waals surface area contributed by atoms with E-state index in [9.17, 15) is 19.2 Å². The number of H-pyrrole nitrogens is 1. The first-order chi connectivity index (χ1) is 15.6. The first-order valence-corrected chi connectivity index (χ1v) is 10.2. The van der Waals surface area contributed by atoms with Gasteiger partial charge in [-0.15, -0.1) is 0 Å². The molecule has 178 valence electrons. The number of aromatic nitrogens is 4. The minimum Gasteiger partial charge on any atom is -0.463 e. The Morgan fingerprint density at radius 1 is 1.09 bits per heavy atom. The second-order valence-corrected chi connectivity index (χ2v) is 7.70. The van der Waals surface area contributed by atoms with Crippen LogP contribution in [-0.2, 0) is 38.1 Å². The van der Waals surface area contributed by atoms with Gasteiger partial charge in [-0.1, -0.05) is 13.8 Å². The largest absolute Gasteiger partial charge is 0.463 e. The fourth-order valence-electron chi connectivity index (χ4n) is 3.30. The molecular weight excluding hydrogens is 438 g/mol. The van der Waals surface area contributed by atoms with Gasteiger partial charge in [0.2, 0.25) is 5.91 Å². The summed E-state index contributed by atoms with van der Waals surface area (Å²) in [6, 6.07) is 0. The van der Waals surface area contributed by atoms with Gasteiger partial charge >= 0.3 is 17.9 Å². The maximum absolute atomic E-state index is 12.5. The molecule has 0 bridgehead atoms. The Morgan fingerprint density at radius 3 is 2.36 bits per heavy atom. The molecule has 2 aromatic heterocycles. The zero-order valence-corrected chi connectivity index (χ0v) is 18.8. The average molecular weight is 463 g/mol. The van der Waals surface area contributed by atoms with Crippen LogP contribution in [0.4, 0.5) is 0 Å². The molecule has 0 saturated carbocycles. The number of rotatable bonds is 6. The van der Waals surface area contributed by atoms with Crippen molar-refractivity contribution in [1.29, 1.82) is 0 Å². The molecule has 33 heavy (non-hydrogen) atoms. The minimum atomic E-state index is -1.15. The number of imidazole rings is 1. The number of ether oxygens (including phenoxy) is 4. The first kappa shape index (κ1) is 24.0. The Bertz CT molecular complexity index is 1140. The van der Waals surface area contributed by atoms with Crippen LogP contribution in [0, 0.1) is 5.92 Å². The van der Waals surface area contributed by atoms with E-state index in [0.29, 0.717) is 11.2 Å². The highest BCUT2D eigenvalue weighted by atomic mass is 16.7. The maximum atomic E-state index is 12.5. The summed E-state index contributed by atoms with van der Waals surface area (Å²) in [6.07, 6.45) is -1.61. The monoisotopic (exact) mass is 463 g/mol. The van der Waals surface area contributed by atoms with Crippen molar-refractivity contribution in [3.05, 3.63) is 18.1 Å². The molecule has 0 aliphatic carbocycles. The predicted octanol–water partition coefficient (Wildman–Crippen LogP) is 0.167. The second kappa shape index (κ2) is 9.90. The van der Waals surface area contributed by atoms with Gasteiger partial charge in [-0.3, -0.25) is 23.7 Å². The topological polar surface area (TPSA) is 164 Å². The third-order valence-electron chi connectivity index (χ3n) is 4.72. The van der Waals surface area contributed by atoms with Crippen molar-refractivity contribution < 1.29 is 38.1 Å². The Labute approximate surface area is 188 Å². The van der Waals surface area contributed by atoms with E-state index in [1.54, 1.807) is 13.8 Å². The van der Waals surface area contributed by atoms with E-state index in [1.807, 2.05) is 0 Å². The summed E-state index contributed by atoms with van der Waals surface area (Å²) in [7, 11) is 0. The number of hydrogen-bond acceptors (Lipinski definition) is 10. The Morgan fingerprint density at radius 2 is 1.76 bits per heavy atom. The molecular formula is C20H25N5O8. The smallest absolute Gasteiger partial charge is 0.303 e. The number of esters is 3. The molecule has 0 spiro atoms. The lowest BCUT2D eigenvalue weighted by Crippen LogP contribution is -2.42. The molecule has 0 radical (unpaired) electrons. The number of amides is 1. The summed E-state index contributed by atoms with van der Waals surface area (Å²) < 4.78 is 23.3. The van der Waals surface area contributed by atoms with Gasteiger partial charge in [-0.25, -0.2) is 9.97 Å². The highest BCUT2D eigenvalue weighted by Gasteiger charge is 2.50. The lowest BCUT2D eigenvalue weighted by atomic mass is 10.1. The molecule has 0 aromatic carbocycles. The van der Waals surface area contributed by atoms with Crippen LogP contribution in [0.5, 0.6) is 0 Å². The third kappa shape index (κ3) is 5.42. The van der Waals surface area contributed by atoms with Gasteiger partial charge in [-0.2, -0.15) is 4.99 Å². The van der Waals surface area contributed by atoms with Gasteiger partial charge in [0.15, 0.2) is 29.6 Å². The number of carbonyl (C=O) groups excluding carboxylic acids is 4. The quantitative estimate of drug-likeness (QED) is 0.461. The van der Waals surface area contributed by atoms with Gasteiger partial charge in [-0.05, 0) is 0 Å². The molecule has 3 rings (SSSR count). The van der Waals surface area contributed by atoms with E-state index in [2.05, 4.69) is 19.9 Å². The van der Waals surface area contributed by atoms with Crippen LogP contribution in [-0.4, -0.2) is 68.3 Å². The van der Waals surface area contributed by atoms with E-state index in [4.69, 9.17) is 18.9 Å². The molecule has 1 saturated heterocycles. The number of fused-ring (bicyclic) bond motifs is 1. The molecule has 4 atom stereocenters. The number of hydrogen-bond donors (Lipinski definition) is 1. The number of nitrogens with one attached hydrogen (secondary N) is 1. The fraction of sp³-hybridized carbons (Fsp3) is 0.550. The van der Waals surface area contributed by atoms with Crippen LogP contribution in [0.15, 0.2) is 17.6 Å². The van der Waals surface area contributed by atoms with E-state index in [1.165, 1.54) is 38.0 Å². The van der Waals surface area contributed by atoms with E-state index < -0.39 is 54.3 Å². The predicted molar refractivity (Wildman–Crippen MR) is 109 cm³/mol. The zero-order chi connectivity index (χ0) is 24.3. The zero-order valence-electron chi connectivity index (χ0n) is 18.8. The van der Waals surface area contributed by atoms with E-state index in [-0.39, 0.29) is 12.1 Å². The van der Waals surface area contributed by atoms with Crippen LogP contribution < -0.4 is 5.49 Å². The van der Waals surface area contributed by atoms with Crippen molar-refractivity contribution in [3.63, 3.8) is 0 Å². The molecule has 1 aliphatic heterocycles. The lowest BCUT2D eigenvalue weighted by Gasteiger charge is -2.24. The molecule has 13 heteroatoms. The molecule has 13 nitrogen and oxygen atoms in total. The summed E-state index contributed by atoms with van der Waals surface area (Å²) >= 11 is 0. The Hall–Kier alpha value is -3.61. The van der Waals surface area contributed by atoms with Crippen LogP contribution >= 0.6 is 0 Å². The second-order valence-electron chi connectivity index (χ2n) is 7.70. The highest BCUT2D eigenvalue weighted by Crippen LogP contribution is 2.33. The number of carbonyl (C=O) groups is 4. The SMILES string of the molecule is CC(=O)OC[C@H]1O[C@@H](n2cnc3nc[nH]c3c2=NC(=O)C(C)C)[C@H](OC(C)=O)[C@@H]1OC(C)=O. The lowest BCUT2D eigenvalue weighted by molar-refractivity contribution is -0.166. The first-order valence-electron chi connectivity index (χ1n) is 10.2. The summed E-state index contributed by atoms with van der Waals surface area (Å²) in [5, 5.41) is 0. The van der Waals surface area contributed by atoms with Gasteiger partial charge in [0.05, 0.1) is 6.33 Å². The summed E-state index contributed by atoms with van der Waals surface area (Å²) in [5.41, 5.74) is 0.786. The van der Waals surface area contributed by atoms with Crippen LogP contribution in [0.25, 0.3) is 11.2 Å². The maximum Gasteiger partial charge on any atom is 0.303 e. The van der Waals surface area contributed by atoms with Crippen molar-refractivity contribution in [3.8, 4) is 0 Å². The van der Waals surface area contributed by atoms with E-state index >= 15 is 0 Å². The highest BCUT2D eigenvalue weighted by molar-refractivity contribution is 5.80. The molecule has 1 aliphatic rings. The van der Waals surface area contributed by atoms with Crippen molar-refractivity contribution in [1.82, 2.24) is 19.5 Å². The molecule has 2 aromatic rings. The summed E-state index contributed by atoms with van der Waals surface area (Å²) in [5.74, 6) is -2.70. The third-order valence-corrected chi connectivity index (χ3v) is 4.72. The molecule has 1 N–H and O–H groups in total. The summed E-state index contributed by atoms with van der Waals surface area (Å²) in [4.78, 5) is 62.9.